The normalized spacial score (nSPS) is 10.8. The molecule has 1 aromatic carbocycles. The van der Waals surface area contributed by atoms with Gasteiger partial charge in [0.25, 0.3) is 0 Å². The van der Waals surface area contributed by atoms with Crippen molar-refractivity contribution in [1.82, 2.24) is 0 Å². The number of fused-ring (bicyclic) bond motifs is 1. The van der Waals surface area contributed by atoms with Crippen LogP contribution in [0.2, 0.25) is 0 Å². The first-order valence-corrected chi connectivity index (χ1v) is 6.68. The topological polar surface area (TPSA) is 39.4 Å². The summed E-state index contributed by atoms with van der Waals surface area (Å²) in [6.07, 6.45) is 0. The molecule has 0 bridgehead atoms. The number of rotatable bonds is 3. The molecule has 0 aliphatic heterocycles. The van der Waals surface area contributed by atoms with E-state index in [4.69, 9.17) is 9.15 Å². The Bertz CT molecular complexity index is 752. The number of hydrogen-bond donors (Lipinski definition) is 0. The van der Waals surface area contributed by atoms with Crippen LogP contribution in [0, 0.1) is 6.92 Å². The fourth-order valence-electron chi connectivity index (χ4n) is 1.93. The number of thiophene rings is 1. The van der Waals surface area contributed by atoms with Crippen molar-refractivity contribution < 1.29 is 13.9 Å². The number of ether oxygens (including phenoxy) is 1. The lowest BCUT2D eigenvalue weighted by atomic mass is 10.2. The van der Waals surface area contributed by atoms with Gasteiger partial charge in [-0.3, -0.25) is 4.79 Å². The standard InChI is InChI=1S/C15H12O3S/c1-9-3-6-14(19-9)15(16)13-7-10-4-5-11(17-2)8-12(10)18-13/h3-8H,1-2H3. The Kier molecular flexibility index (Phi) is 2.87. The molecular weight excluding hydrogens is 260 g/mol. The molecule has 19 heavy (non-hydrogen) atoms. The van der Waals surface area contributed by atoms with E-state index in [9.17, 15) is 4.79 Å². The number of benzene rings is 1. The van der Waals surface area contributed by atoms with E-state index in [0.717, 1.165) is 10.3 Å². The zero-order valence-corrected chi connectivity index (χ0v) is 11.4. The smallest absolute Gasteiger partial charge is 0.238 e. The second-order valence-corrected chi connectivity index (χ2v) is 5.54. The Morgan fingerprint density at radius 1 is 1.21 bits per heavy atom. The number of aryl methyl sites for hydroxylation is 1. The maximum absolute atomic E-state index is 12.3. The number of ketones is 1. The summed E-state index contributed by atoms with van der Waals surface area (Å²) in [6.45, 7) is 1.98. The van der Waals surface area contributed by atoms with Crippen molar-refractivity contribution in [2.45, 2.75) is 6.92 Å². The molecule has 0 aliphatic rings. The third-order valence-corrected chi connectivity index (χ3v) is 3.91. The predicted molar refractivity (Wildman–Crippen MR) is 75.3 cm³/mol. The molecule has 0 amide bonds. The molecule has 96 valence electrons. The van der Waals surface area contributed by atoms with E-state index < -0.39 is 0 Å². The SMILES string of the molecule is COc1ccc2cc(C(=O)c3ccc(C)s3)oc2c1. The summed E-state index contributed by atoms with van der Waals surface area (Å²) >= 11 is 1.47. The molecule has 3 nitrogen and oxygen atoms in total. The van der Waals surface area contributed by atoms with Crippen molar-refractivity contribution in [3.8, 4) is 5.75 Å². The Balaban J connectivity index is 2.03. The van der Waals surface area contributed by atoms with Gasteiger partial charge < -0.3 is 9.15 Å². The van der Waals surface area contributed by atoms with Crippen LogP contribution in [0.4, 0.5) is 0 Å². The number of hydrogen-bond acceptors (Lipinski definition) is 4. The highest BCUT2D eigenvalue weighted by molar-refractivity contribution is 7.14. The van der Waals surface area contributed by atoms with Gasteiger partial charge in [-0.25, -0.2) is 0 Å². The van der Waals surface area contributed by atoms with Crippen LogP contribution in [0.1, 0.15) is 20.3 Å². The molecule has 4 heteroatoms. The molecule has 2 aromatic heterocycles. The van der Waals surface area contributed by atoms with E-state index in [1.807, 2.05) is 31.2 Å². The summed E-state index contributed by atoms with van der Waals surface area (Å²) in [4.78, 5) is 14.1. The number of carbonyl (C=O) groups is 1. The highest BCUT2D eigenvalue weighted by Gasteiger charge is 2.16. The van der Waals surface area contributed by atoms with Crippen LogP contribution in [-0.2, 0) is 0 Å². The van der Waals surface area contributed by atoms with Crippen LogP contribution < -0.4 is 4.74 Å². The van der Waals surface area contributed by atoms with Crippen LogP contribution in [-0.4, -0.2) is 12.9 Å². The van der Waals surface area contributed by atoms with Gasteiger partial charge in [0.15, 0.2) is 5.76 Å². The van der Waals surface area contributed by atoms with Crippen LogP contribution in [0.5, 0.6) is 5.75 Å². The third kappa shape index (κ3) is 2.15. The fraction of sp³-hybridized carbons (Fsp3) is 0.133. The molecule has 0 atom stereocenters. The zero-order valence-electron chi connectivity index (χ0n) is 10.6. The van der Waals surface area contributed by atoms with Gasteiger partial charge in [0, 0.05) is 16.3 Å². The van der Waals surface area contributed by atoms with E-state index >= 15 is 0 Å². The lowest BCUT2D eigenvalue weighted by molar-refractivity contribution is 0.101. The first-order valence-electron chi connectivity index (χ1n) is 5.86. The molecule has 0 fully saturated rings. The van der Waals surface area contributed by atoms with Crippen LogP contribution in [0.25, 0.3) is 11.0 Å². The van der Waals surface area contributed by atoms with Crippen molar-refractivity contribution in [2.75, 3.05) is 7.11 Å². The lowest BCUT2D eigenvalue weighted by Gasteiger charge is -1.96. The Hall–Kier alpha value is -2.07. The maximum atomic E-state index is 12.3. The summed E-state index contributed by atoms with van der Waals surface area (Å²) in [6, 6.07) is 11.0. The van der Waals surface area contributed by atoms with E-state index in [0.29, 0.717) is 22.0 Å². The van der Waals surface area contributed by atoms with Crippen LogP contribution in [0.3, 0.4) is 0 Å². The summed E-state index contributed by atoms with van der Waals surface area (Å²) < 4.78 is 10.8. The first-order chi connectivity index (χ1) is 9.17. The molecule has 0 radical (unpaired) electrons. The second kappa shape index (κ2) is 4.55. The van der Waals surface area contributed by atoms with Gasteiger partial charge in [-0.15, -0.1) is 11.3 Å². The van der Waals surface area contributed by atoms with Crippen molar-refractivity contribution in [2.24, 2.45) is 0 Å². The number of carbonyl (C=O) groups excluding carboxylic acids is 1. The van der Waals surface area contributed by atoms with Crippen LogP contribution in [0.15, 0.2) is 40.8 Å². The first kappa shape index (κ1) is 12.0. The zero-order chi connectivity index (χ0) is 13.4. The Labute approximate surface area is 114 Å². The average Bonchev–Trinajstić information content (AvgIpc) is 3.02. The van der Waals surface area contributed by atoms with E-state index in [1.165, 1.54) is 11.3 Å². The van der Waals surface area contributed by atoms with Gasteiger partial charge in [0.2, 0.25) is 5.78 Å². The van der Waals surface area contributed by atoms with Crippen molar-refractivity contribution in [1.29, 1.82) is 0 Å². The minimum Gasteiger partial charge on any atom is -0.497 e. The highest BCUT2D eigenvalue weighted by atomic mass is 32.1. The van der Waals surface area contributed by atoms with Crippen molar-refractivity contribution in [3.63, 3.8) is 0 Å². The molecule has 0 spiro atoms. The van der Waals surface area contributed by atoms with Gasteiger partial charge in [0.1, 0.15) is 11.3 Å². The number of methoxy groups -OCH3 is 1. The predicted octanol–water partition coefficient (Wildman–Crippen LogP) is 4.04. The maximum Gasteiger partial charge on any atom is 0.238 e. The molecule has 0 saturated heterocycles. The van der Waals surface area contributed by atoms with Gasteiger partial charge >= 0.3 is 0 Å². The third-order valence-electron chi connectivity index (χ3n) is 2.92. The summed E-state index contributed by atoms with van der Waals surface area (Å²) in [7, 11) is 1.60. The Morgan fingerprint density at radius 3 is 2.74 bits per heavy atom. The van der Waals surface area contributed by atoms with Crippen molar-refractivity contribution >= 4 is 28.1 Å². The minimum absolute atomic E-state index is 0.0757. The van der Waals surface area contributed by atoms with Gasteiger partial charge in [-0.2, -0.15) is 0 Å². The van der Waals surface area contributed by atoms with Gasteiger partial charge in [-0.1, -0.05) is 0 Å². The van der Waals surface area contributed by atoms with E-state index in [2.05, 4.69) is 0 Å². The molecule has 0 unspecified atom stereocenters. The van der Waals surface area contributed by atoms with Crippen molar-refractivity contribution in [3.05, 3.63) is 51.9 Å². The average molecular weight is 272 g/mol. The lowest BCUT2D eigenvalue weighted by Crippen LogP contribution is -1.95. The quantitative estimate of drug-likeness (QED) is 0.675. The summed E-state index contributed by atoms with van der Waals surface area (Å²) in [5, 5.41) is 0.900. The molecule has 2 heterocycles. The molecule has 0 N–H and O–H groups in total. The van der Waals surface area contributed by atoms with E-state index in [-0.39, 0.29) is 5.78 Å². The summed E-state index contributed by atoms with van der Waals surface area (Å²) in [5.41, 5.74) is 0.663. The Morgan fingerprint density at radius 2 is 2.05 bits per heavy atom. The van der Waals surface area contributed by atoms with Gasteiger partial charge in [-0.05, 0) is 37.3 Å². The second-order valence-electron chi connectivity index (χ2n) is 4.25. The van der Waals surface area contributed by atoms with E-state index in [1.54, 1.807) is 19.2 Å². The largest absolute Gasteiger partial charge is 0.497 e. The van der Waals surface area contributed by atoms with Crippen LogP contribution >= 0.6 is 11.3 Å². The number of furan rings is 1. The molecule has 0 aliphatic carbocycles. The highest BCUT2D eigenvalue weighted by Crippen LogP contribution is 2.27. The molecule has 0 saturated carbocycles. The summed E-state index contributed by atoms with van der Waals surface area (Å²) in [5.74, 6) is 1.01. The molecular formula is C15H12O3S. The monoisotopic (exact) mass is 272 g/mol. The molecule has 3 aromatic rings. The molecule has 3 rings (SSSR count). The van der Waals surface area contributed by atoms with Gasteiger partial charge in [0.05, 0.1) is 12.0 Å². The fourth-order valence-corrected chi connectivity index (χ4v) is 2.74. The minimum atomic E-state index is -0.0757.